The van der Waals surface area contributed by atoms with E-state index in [2.05, 4.69) is 5.32 Å². The van der Waals surface area contributed by atoms with Crippen LogP contribution in [-0.2, 0) is 11.3 Å². The molecule has 1 aromatic rings. The molecule has 0 atom stereocenters. The molecule has 1 heterocycles. The van der Waals surface area contributed by atoms with Gasteiger partial charge in [0.15, 0.2) is 0 Å². The van der Waals surface area contributed by atoms with E-state index in [-0.39, 0.29) is 18.7 Å². The molecule has 0 saturated carbocycles. The van der Waals surface area contributed by atoms with Gasteiger partial charge in [-0.3, -0.25) is 0 Å². The highest BCUT2D eigenvalue weighted by Gasteiger charge is 2.26. The largest absolute Gasteiger partial charge is 0.444 e. The molecule has 1 fully saturated rings. The molecule has 1 saturated heterocycles. The van der Waals surface area contributed by atoms with Crippen molar-refractivity contribution in [1.82, 2.24) is 10.2 Å². The lowest BCUT2D eigenvalue weighted by Crippen LogP contribution is -2.46. The second kappa shape index (κ2) is 7.25. The minimum Gasteiger partial charge on any atom is -0.444 e. The van der Waals surface area contributed by atoms with E-state index in [1.54, 1.807) is 4.90 Å². The van der Waals surface area contributed by atoms with Crippen molar-refractivity contribution in [2.24, 2.45) is 0 Å². The van der Waals surface area contributed by atoms with E-state index in [4.69, 9.17) is 4.74 Å². The Labute approximate surface area is 135 Å². The Morgan fingerprint density at radius 2 is 1.96 bits per heavy atom. The fourth-order valence-electron chi connectivity index (χ4n) is 2.53. The highest BCUT2D eigenvalue weighted by atomic mass is 19.1. The lowest BCUT2D eigenvalue weighted by Gasteiger charge is -2.33. The monoisotopic (exact) mass is 326 g/mol. The normalized spacial score (nSPS) is 16.5. The maximum absolute atomic E-state index is 13.6. The summed E-state index contributed by atoms with van der Waals surface area (Å²) in [5.74, 6) is -0.854. The second-order valence-electron chi connectivity index (χ2n) is 6.86. The number of ether oxygens (including phenoxy) is 1. The van der Waals surface area contributed by atoms with Crippen LogP contribution in [0.2, 0.25) is 0 Å². The molecule has 0 bridgehead atoms. The van der Waals surface area contributed by atoms with Crippen LogP contribution in [0.5, 0.6) is 0 Å². The van der Waals surface area contributed by atoms with E-state index < -0.39 is 17.2 Å². The minimum atomic E-state index is -0.499. The number of benzene rings is 1. The maximum Gasteiger partial charge on any atom is 0.410 e. The molecule has 1 aliphatic heterocycles. The predicted octanol–water partition coefficient (Wildman–Crippen LogP) is 3.45. The number of amides is 1. The Morgan fingerprint density at radius 1 is 1.30 bits per heavy atom. The summed E-state index contributed by atoms with van der Waals surface area (Å²) in [6.45, 7) is 6.99. The van der Waals surface area contributed by atoms with Gasteiger partial charge in [-0.2, -0.15) is 0 Å². The van der Waals surface area contributed by atoms with Crippen molar-refractivity contribution in [3.05, 3.63) is 35.4 Å². The average Bonchev–Trinajstić information content (AvgIpc) is 2.47. The highest BCUT2D eigenvalue weighted by Crippen LogP contribution is 2.16. The van der Waals surface area contributed by atoms with E-state index in [1.807, 2.05) is 20.8 Å². The summed E-state index contributed by atoms with van der Waals surface area (Å²) < 4.78 is 32.1. The van der Waals surface area contributed by atoms with Gasteiger partial charge in [-0.1, -0.05) is 0 Å². The van der Waals surface area contributed by atoms with Gasteiger partial charge in [-0.25, -0.2) is 13.6 Å². The van der Waals surface area contributed by atoms with Gasteiger partial charge in [0.1, 0.15) is 17.2 Å². The van der Waals surface area contributed by atoms with Crippen LogP contribution >= 0.6 is 0 Å². The lowest BCUT2D eigenvalue weighted by molar-refractivity contribution is 0.0198. The van der Waals surface area contributed by atoms with Gasteiger partial charge in [0.25, 0.3) is 0 Å². The summed E-state index contributed by atoms with van der Waals surface area (Å²) >= 11 is 0. The molecule has 1 amide bonds. The van der Waals surface area contributed by atoms with E-state index in [1.165, 1.54) is 6.07 Å². The quantitative estimate of drug-likeness (QED) is 0.925. The molecule has 0 aliphatic carbocycles. The van der Waals surface area contributed by atoms with Crippen LogP contribution in [0, 0.1) is 11.6 Å². The van der Waals surface area contributed by atoms with Crippen molar-refractivity contribution in [3.63, 3.8) is 0 Å². The number of nitrogens with zero attached hydrogens (tertiary/aromatic N) is 1. The van der Waals surface area contributed by atoms with Crippen molar-refractivity contribution in [2.75, 3.05) is 13.1 Å². The molecular formula is C17H24F2N2O2. The summed E-state index contributed by atoms with van der Waals surface area (Å²) in [5, 5.41) is 3.23. The summed E-state index contributed by atoms with van der Waals surface area (Å²) in [6, 6.07) is 3.63. The van der Waals surface area contributed by atoms with E-state index in [0.717, 1.165) is 25.0 Å². The standard InChI is InChI=1S/C17H24F2N2O2/c1-17(2,3)23-16(22)21-8-6-14(7-9-21)20-11-12-10-13(18)4-5-15(12)19/h4-5,10,14,20H,6-9,11H2,1-3H3. The Hall–Kier alpha value is -1.69. The van der Waals surface area contributed by atoms with Gasteiger partial charge >= 0.3 is 6.09 Å². The first-order valence-electron chi connectivity index (χ1n) is 7.90. The molecule has 1 aromatic carbocycles. The van der Waals surface area contributed by atoms with Gasteiger partial charge < -0.3 is 15.0 Å². The number of likely N-dealkylation sites (tertiary alicyclic amines) is 1. The van der Waals surface area contributed by atoms with E-state index in [0.29, 0.717) is 18.7 Å². The van der Waals surface area contributed by atoms with Gasteiger partial charge in [0.05, 0.1) is 0 Å². The molecule has 0 spiro atoms. The van der Waals surface area contributed by atoms with Crippen LogP contribution in [0.3, 0.4) is 0 Å². The number of halogens is 2. The summed E-state index contributed by atoms with van der Waals surface area (Å²) in [4.78, 5) is 13.7. The second-order valence-corrected chi connectivity index (χ2v) is 6.86. The smallest absolute Gasteiger partial charge is 0.410 e. The van der Waals surface area contributed by atoms with Crippen molar-refractivity contribution in [1.29, 1.82) is 0 Å². The molecule has 0 unspecified atom stereocenters. The van der Waals surface area contributed by atoms with Crippen LogP contribution in [0.4, 0.5) is 13.6 Å². The number of carbonyl (C=O) groups excluding carboxylic acids is 1. The van der Waals surface area contributed by atoms with Crippen LogP contribution < -0.4 is 5.32 Å². The van der Waals surface area contributed by atoms with Gasteiger partial charge in [0, 0.05) is 31.2 Å². The molecule has 1 N–H and O–H groups in total. The first-order chi connectivity index (χ1) is 10.7. The number of nitrogens with one attached hydrogen (secondary N) is 1. The number of hydrogen-bond donors (Lipinski definition) is 1. The predicted molar refractivity (Wildman–Crippen MR) is 84.0 cm³/mol. The molecule has 4 nitrogen and oxygen atoms in total. The molecule has 0 radical (unpaired) electrons. The Balaban J connectivity index is 1.79. The third-order valence-electron chi connectivity index (χ3n) is 3.74. The van der Waals surface area contributed by atoms with E-state index >= 15 is 0 Å². The third-order valence-corrected chi connectivity index (χ3v) is 3.74. The zero-order chi connectivity index (χ0) is 17.0. The molecule has 23 heavy (non-hydrogen) atoms. The zero-order valence-corrected chi connectivity index (χ0v) is 13.9. The first-order valence-corrected chi connectivity index (χ1v) is 7.90. The van der Waals surface area contributed by atoms with Crippen molar-refractivity contribution in [2.45, 2.75) is 51.8 Å². The summed E-state index contributed by atoms with van der Waals surface area (Å²) in [7, 11) is 0. The lowest BCUT2D eigenvalue weighted by atomic mass is 10.0. The molecule has 2 rings (SSSR count). The van der Waals surface area contributed by atoms with Gasteiger partial charge in [0.2, 0.25) is 0 Å². The fraction of sp³-hybridized carbons (Fsp3) is 0.588. The SMILES string of the molecule is CC(C)(C)OC(=O)N1CCC(NCc2cc(F)ccc2F)CC1. The van der Waals surface area contributed by atoms with Gasteiger partial charge in [-0.05, 0) is 51.8 Å². The third kappa shape index (κ3) is 5.46. The van der Waals surface area contributed by atoms with Crippen LogP contribution in [0.1, 0.15) is 39.2 Å². The molecule has 6 heteroatoms. The molecular weight excluding hydrogens is 302 g/mol. The molecule has 128 valence electrons. The Morgan fingerprint density at radius 3 is 2.57 bits per heavy atom. The Bertz CT molecular complexity index is 550. The van der Waals surface area contributed by atoms with Crippen molar-refractivity contribution < 1.29 is 18.3 Å². The number of carbonyl (C=O) groups is 1. The van der Waals surface area contributed by atoms with E-state index in [9.17, 15) is 13.6 Å². The molecule has 1 aliphatic rings. The highest BCUT2D eigenvalue weighted by molar-refractivity contribution is 5.68. The van der Waals surface area contributed by atoms with Crippen LogP contribution in [0.15, 0.2) is 18.2 Å². The Kier molecular flexibility index (Phi) is 5.57. The van der Waals surface area contributed by atoms with Crippen LogP contribution in [0.25, 0.3) is 0 Å². The zero-order valence-electron chi connectivity index (χ0n) is 13.9. The van der Waals surface area contributed by atoms with Crippen molar-refractivity contribution in [3.8, 4) is 0 Å². The fourth-order valence-corrected chi connectivity index (χ4v) is 2.53. The first kappa shape index (κ1) is 17.7. The topological polar surface area (TPSA) is 41.6 Å². The molecule has 0 aromatic heterocycles. The summed E-state index contributed by atoms with van der Waals surface area (Å²) in [5.41, 5.74) is -0.180. The number of hydrogen-bond acceptors (Lipinski definition) is 3. The van der Waals surface area contributed by atoms with Crippen LogP contribution in [-0.4, -0.2) is 35.7 Å². The maximum atomic E-state index is 13.6. The number of rotatable bonds is 3. The van der Waals surface area contributed by atoms with Crippen molar-refractivity contribution >= 4 is 6.09 Å². The average molecular weight is 326 g/mol. The number of piperidine rings is 1. The minimum absolute atomic E-state index is 0.177. The summed E-state index contributed by atoms with van der Waals surface area (Å²) in [6.07, 6.45) is 1.22. The van der Waals surface area contributed by atoms with Gasteiger partial charge in [-0.15, -0.1) is 0 Å².